The molecule has 1 fully saturated rings. The van der Waals surface area contributed by atoms with Gasteiger partial charge in [-0.2, -0.15) is 0 Å². The van der Waals surface area contributed by atoms with E-state index in [4.69, 9.17) is 9.15 Å². The highest BCUT2D eigenvalue weighted by Gasteiger charge is 2.34. The second-order valence-corrected chi connectivity index (χ2v) is 8.80. The number of nitrogens with zero attached hydrogens (tertiary/aromatic N) is 1. The van der Waals surface area contributed by atoms with Crippen molar-refractivity contribution in [3.05, 3.63) is 54.0 Å². The molecule has 1 atom stereocenters. The molecule has 1 saturated heterocycles. The third-order valence-corrected chi connectivity index (χ3v) is 5.86. The number of ether oxygens (including phenoxy) is 1. The number of nitrogens with one attached hydrogen (secondary N) is 2. The fraction of sp³-hybridized carbons (Fsp3) is 0.480. The van der Waals surface area contributed by atoms with Gasteiger partial charge in [0.1, 0.15) is 17.6 Å². The lowest BCUT2D eigenvalue weighted by Crippen LogP contribution is -2.53. The van der Waals surface area contributed by atoms with Crippen LogP contribution in [0.15, 0.2) is 47.1 Å². The number of carbonyl (C=O) groups excluding carboxylic acids is 3. The molecule has 8 nitrogen and oxygen atoms in total. The molecule has 3 rings (SSSR count). The summed E-state index contributed by atoms with van der Waals surface area (Å²) >= 11 is 0. The predicted molar refractivity (Wildman–Crippen MR) is 124 cm³/mol. The first-order valence-corrected chi connectivity index (χ1v) is 11.4. The molecule has 0 saturated carbocycles. The molecule has 0 spiro atoms. The maximum Gasteiger partial charge on any atom is 0.252 e. The van der Waals surface area contributed by atoms with Crippen molar-refractivity contribution in [2.45, 2.75) is 45.7 Å². The van der Waals surface area contributed by atoms with Gasteiger partial charge in [-0.05, 0) is 55.0 Å². The molecule has 2 N–H and O–H groups in total. The van der Waals surface area contributed by atoms with E-state index in [9.17, 15) is 14.4 Å². The zero-order valence-corrected chi connectivity index (χ0v) is 19.5. The summed E-state index contributed by atoms with van der Waals surface area (Å²) in [4.78, 5) is 40.4. The van der Waals surface area contributed by atoms with E-state index in [1.165, 1.54) is 7.11 Å². The molecule has 0 radical (unpaired) electrons. The highest BCUT2D eigenvalue weighted by Crippen LogP contribution is 2.23. The quantitative estimate of drug-likeness (QED) is 0.605. The summed E-state index contributed by atoms with van der Waals surface area (Å²) in [5.41, 5.74) is 0.419. The van der Waals surface area contributed by atoms with Crippen molar-refractivity contribution in [2.75, 3.05) is 20.2 Å². The van der Waals surface area contributed by atoms with Gasteiger partial charge < -0.3 is 24.7 Å². The monoisotopic (exact) mass is 455 g/mol. The average molecular weight is 456 g/mol. The van der Waals surface area contributed by atoms with Gasteiger partial charge in [0.05, 0.1) is 19.9 Å². The summed E-state index contributed by atoms with van der Waals surface area (Å²) in [7, 11) is 1.54. The largest absolute Gasteiger partial charge is 0.497 e. The second kappa shape index (κ2) is 11.5. The molecular weight excluding hydrogens is 422 g/mol. The van der Waals surface area contributed by atoms with E-state index in [1.807, 2.05) is 18.7 Å². The molecule has 1 aromatic carbocycles. The number of furan rings is 1. The first-order chi connectivity index (χ1) is 15.9. The van der Waals surface area contributed by atoms with Gasteiger partial charge in [0.15, 0.2) is 0 Å². The lowest BCUT2D eigenvalue weighted by Gasteiger charge is -2.36. The molecule has 8 heteroatoms. The normalized spacial score (nSPS) is 15.2. The number of amides is 3. The number of hydrogen-bond donors (Lipinski definition) is 2. The molecule has 0 aliphatic carbocycles. The molecule has 1 aliphatic rings. The Morgan fingerprint density at radius 1 is 1.15 bits per heavy atom. The van der Waals surface area contributed by atoms with E-state index in [1.54, 1.807) is 42.7 Å². The van der Waals surface area contributed by atoms with Crippen molar-refractivity contribution < 1.29 is 23.5 Å². The Morgan fingerprint density at radius 3 is 2.55 bits per heavy atom. The highest BCUT2D eigenvalue weighted by atomic mass is 16.5. The van der Waals surface area contributed by atoms with Crippen LogP contribution in [0.25, 0.3) is 0 Å². The van der Waals surface area contributed by atoms with Crippen molar-refractivity contribution >= 4 is 17.7 Å². The van der Waals surface area contributed by atoms with E-state index in [2.05, 4.69) is 10.6 Å². The molecule has 3 amide bonds. The zero-order chi connectivity index (χ0) is 23.8. The molecule has 1 aliphatic heterocycles. The Balaban J connectivity index is 1.69. The minimum Gasteiger partial charge on any atom is -0.497 e. The predicted octanol–water partition coefficient (Wildman–Crippen LogP) is 2.99. The van der Waals surface area contributed by atoms with Gasteiger partial charge in [0, 0.05) is 25.1 Å². The van der Waals surface area contributed by atoms with Crippen LogP contribution in [0.2, 0.25) is 0 Å². The van der Waals surface area contributed by atoms with Crippen LogP contribution in [0.4, 0.5) is 0 Å². The second-order valence-electron chi connectivity index (χ2n) is 8.80. The van der Waals surface area contributed by atoms with Crippen LogP contribution in [0.5, 0.6) is 5.75 Å². The van der Waals surface area contributed by atoms with E-state index in [0.29, 0.717) is 55.3 Å². The fourth-order valence-electron chi connectivity index (χ4n) is 4.04. The minimum atomic E-state index is -0.721. The fourth-order valence-corrected chi connectivity index (χ4v) is 4.04. The van der Waals surface area contributed by atoms with Crippen LogP contribution in [0.1, 0.15) is 49.2 Å². The van der Waals surface area contributed by atoms with Gasteiger partial charge in [-0.15, -0.1) is 0 Å². The third-order valence-electron chi connectivity index (χ3n) is 5.86. The molecule has 2 heterocycles. The first-order valence-electron chi connectivity index (χ1n) is 11.4. The Morgan fingerprint density at radius 2 is 1.91 bits per heavy atom. The van der Waals surface area contributed by atoms with Crippen LogP contribution in [-0.2, 0) is 16.1 Å². The van der Waals surface area contributed by atoms with E-state index in [-0.39, 0.29) is 30.2 Å². The number of methoxy groups -OCH3 is 1. The number of likely N-dealkylation sites (tertiary alicyclic amines) is 1. The molecule has 1 aromatic heterocycles. The van der Waals surface area contributed by atoms with Crippen LogP contribution >= 0.6 is 0 Å². The lowest BCUT2D eigenvalue weighted by molar-refractivity contribution is -0.133. The van der Waals surface area contributed by atoms with Crippen LogP contribution in [0.3, 0.4) is 0 Å². The number of rotatable bonds is 9. The maximum absolute atomic E-state index is 13.1. The minimum absolute atomic E-state index is 0.0840. The van der Waals surface area contributed by atoms with Crippen molar-refractivity contribution in [1.82, 2.24) is 15.5 Å². The van der Waals surface area contributed by atoms with Crippen molar-refractivity contribution in [1.29, 1.82) is 0 Å². The summed E-state index contributed by atoms with van der Waals surface area (Å²) in [6.07, 6.45) is 3.35. The van der Waals surface area contributed by atoms with Crippen molar-refractivity contribution in [2.24, 2.45) is 11.8 Å². The summed E-state index contributed by atoms with van der Waals surface area (Å²) in [6, 6.07) is 9.63. The average Bonchev–Trinajstić information content (AvgIpc) is 3.34. The SMILES string of the molecule is COc1cccc(C(=O)N[C@H](C(=O)NCc2ccco2)C2CCN(C(=O)CC(C)C)CC2)c1. The van der Waals surface area contributed by atoms with Gasteiger partial charge in [-0.3, -0.25) is 14.4 Å². The highest BCUT2D eigenvalue weighted by molar-refractivity contribution is 5.98. The van der Waals surface area contributed by atoms with Crippen molar-refractivity contribution in [3.63, 3.8) is 0 Å². The maximum atomic E-state index is 13.1. The summed E-state index contributed by atoms with van der Waals surface area (Å²) in [5.74, 6) is 0.952. The zero-order valence-electron chi connectivity index (χ0n) is 19.5. The Labute approximate surface area is 194 Å². The molecule has 0 bridgehead atoms. The lowest BCUT2D eigenvalue weighted by atomic mass is 9.88. The standard InChI is InChI=1S/C25H33N3O5/c1-17(2)14-22(29)28-11-9-18(10-12-28)23(25(31)26-16-21-8-5-13-33-21)27-24(30)19-6-4-7-20(15-19)32-3/h4-8,13,15,17-18,23H,9-12,14,16H2,1-3H3,(H,26,31)(H,27,30)/t23-/m0/s1. The number of piperidine rings is 1. The van der Waals surface area contributed by atoms with E-state index >= 15 is 0 Å². The van der Waals surface area contributed by atoms with Gasteiger partial charge in [-0.1, -0.05) is 19.9 Å². The summed E-state index contributed by atoms with van der Waals surface area (Å²) in [5, 5.41) is 5.79. The summed E-state index contributed by atoms with van der Waals surface area (Å²) in [6.45, 7) is 5.44. The smallest absolute Gasteiger partial charge is 0.252 e. The molecule has 2 aromatic rings. The van der Waals surface area contributed by atoms with Gasteiger partial charge in [-0.25, -0.2) is 0 Å². The molecule has 33 heavy (non-hydrogen) atoms. The summed E-state index contributed by atoms with van der Waals surface area (Å²) < 4.78 is 10.5. The van der Waals surface area contributed by atoms with E-state index in [0.717, 1.165) is 0 Å². The molecular formula is C25H33N3O5. The van der Waals surface area contributed by atoms with Crippen LogP contribution < -0.4 is 15.4 Å². The van der Waals surface area contributed by atoms with Gasteiger partial charge in [0.2, 0.25) is 11.8 Å². The third kappa shape index (κ3) is 6.84. The molecule has 178 valence electrons. The van der Waals surface area contributed by atoms with E-state index < -0.39 is 6.04 Å². The van der Waals surface area contributed by atoms with Crippen LogP contribution in [0, 0.1) is 11.8 Å². The Kier molecular flexibility index (Phi) is 8.52. The van der Waals surface area contributed by atoms with Crippen molar-refractivity contribution in [3.8, 4) is 5.75 Å². The number of benzene rings is 1. The first kappa shape index (κ1) is 24.4. The van der Waals surface area contributed by atoms with Gasteiger partial charge in [0.25, 0.3) is 5.91 Å². The van der Waals surface area contributed by atoms with Crippen LogP contribution in [-0.4, -0.2) is 48.9 Å². The number of carbonyl (C=O) groups is 3. The topological polar surface area (TPSA) is 101 Å². The Bertz CT molecular complexity index is 933. The number of hydrogen-bond acceptors (Lipinski definition) is 5. The molecule has 0 unspecified atom stereocenters. The Hall–Kier alpha value is -3.29. The van der Waals surface area contributed by atoms with Gasteiger partial charge >= 0.3 is 0 Å².